The number of carbonyl (C=O) groups is 1. The van der Waals surface area contributed by atoms with Gasteiger partial charge in [0.1, 0.15) is 5.75 Å². The lowest BCUT2D eigenvalue weighted by molar-refractivity contribution is -0.147. The van der Waals surface area contributed by atoms with Crippen LogP contribution in [0.2, 0.25) is 0 Å². The number of hydrogen-bond acceptors (Lipinski definition) is 4. The predicted octanol–water partition coefficient (Wildman–Crippen LogP) is 1.97. The van der Waals surface area contributed by atoms with E-state index < -0.39 is 12.5 Å². The smallest absolute Gasteiger partial charge is 0.387 e. The number of hydrogen-bond donors (Lipinski definition) is 1. The Hall–Kier alpha value is -1.69. The first kappa shape index (κ1) is 15.4. The van der Waals surface area contributed by atoms with Crippen molar-refractivity contribution in [2.45, 2.75) is 20.0 Å². The molecular weight excluding hydrogens is 256 g/mol. The van der Waals surface area contributed by atoms with Crippen LogP contribution in [0.25, 0.3) is 0 Å². The van der Waals surface area contributed by atoms with E-state index in [1.165, 1.54) is 12.1 Å². The van der Waals surface area contributed by atoms with E-state index in [0.29, 0.717) is 13.0 Å². The van der Waals surface area contributed by atoms with Crippen LogP contribution in [-0.2, 0) is 16.0 Å². The summed E-state index contributed by atoms with van der Waals surface area (Å²) < 4.78 is 33.1. The summed E-state index contributed by atoms with van der Waals surface area (Å²) in [5.74, 6) is -0.695. The zero-order valence-corrected chi connectivity index (χ0v) is 10.6. The molecule has 1 unspecified atom stereocenters. The second kappa shape index (κ2) is 7.68. The van der Waals surface area contributed by atoms with Gasteiger partial charge in [-0.1, -0.05) is 12.1 Å². The van der Waals surface area contributed by atoms with Crippen molar-refractivity contribution in [2.24, 2.45) is 11.7 Å². The van der Waals surface area contributed by atoms with E-state index in [0.717, 1.165) is 5.56 Å². The molecule has 0 aliphatic rings. The number of benzene rings is 1. The van der Waals surface area contributed by atoms with Gasteiger partial charge in [0, 0.05) is 6.54 Å². The third kappa shape index (κ3) is 5.21. The van der Waals surface area contributed by atoms with Gasteiger partial charge in [0.25, 0.3) is 0 Å². The number of carbonyl (C=O) groups excluding carboxylic acids is 1. The molecule has 0 fully saturated rings. The Morgan fingerprint density at radius 1 is 1.32 bits per heavy atom. The summed E-state index contributed by atoms with van der Waals surface area (Å²) in [6.07, 6.45) is 0.407. The molecule has 0 aliphatic carbocycles. The highest BCUT2D eigenvalue weighted by Crippen LogP contribution is 2.17. The molecule has 19 heavy (non-hydrogen) atoms. The molecule has 0 saturated carbocycles. The van der Waals surface area contributed by atoms with E-state index in [1.54, 1.807) is 19.1 Å². The molecule has 0 radical (unpaired) electrons. The van der Waals surface area contributed by atoms with Gasteiger partial charge in [-0.05, 0) is 31.0 Å². The van der Waals surface area contributed by atoms with Crippen molar-refractivity contribution in [1.82, 2.24) is 0 Å². The molecule has 6 heteroatoms. The van der Waals surface area contributed by atoms with Crippen LogP contribution in [0.15, 0.2) is 24.3 Å². The van der Waals surface area contributed by atoms with Crippen molar-refractivity contribution in [2.75, 3.05) is 13.2 Å². The predicted molar refractivity (Wildman–Crippen MR) is 66.0 cm³/mol. The van der Waals surface area contributed by atoms with E-state index in [2.05, 4.69) is 4.74 Å². The van der Waals surface area contributed by atoms with Crippen molar-refractivity contribution in [3.05, 3.63) is 29.8 Å². The second-order valence-electron chi connectivity index (χ2n) is 3.91. The molecule has 0 aromatic heterocycles. The summed E-state index contributed by atoms with van der Waals surface area (Å²) in [6.45, 7) is -0.644. The molecule has 4 nitrogen and oxygen atoms in total. The highest BCUT2D eigenvalue weighted by Gasteiger charge is 2.18. The standard InChI is InChI=1S/C13H17F2NO3/c1-2-18-12(17)10(8-16)7-9-3-5-11(6-4-9)19-13(14)15/h3-6,10,13H,2,7-8,16H2,1H3. The van der Waals surface area contributed by atoms with Crippen molar-refractivity contribution in [3.63, 3.8) is 0 Å². The van der Waals surface area contributed by atoms with E-state index in [9.17, 15) is 13.6 Å². The zero-order valence-electron chi connectivity index (χ0n) is 10.6. The first-order valence-corrected chi connectivity index (χ1v) is 5.97. The van der Waals surface area contributed by atoms with Crippen molar-refractivity contribution in [1.29, 1.82) is 0 Å². The minimum atomic E-state index is -2.85. The van der Waals surface area contributed by atoms with Crippen LogP contribution in [0.5, 0.6) is 5.75 Å². The quantitative estimate of drug-likeness (QED) is 0.771. The van der Waals surface area contributed by atoms with E-state index in [1.807, 2.05) is 0 Å². The number of nitrogens with two attached hydrogens (primary N) is 1. The number of ether oxygens (including phenoxy) is 2. The summed E-state index contributed by atoms with van der Waals surface area (Å²) >= 11 is 0. The maximum atomic E-state index is 12.0. The number of esters is 1. The lowest BCUT2D eigenvalue weighted by Gasteiger charge is -2.13. The van der Waals surface area contributed by atoms with Gasteiger partial charge in [-0.2, -0.15) is 8.78 Å². The molecule has 106 valence electrons. The zero-order chi connectivity index (χ0) is 14.3. The average molecular weight is 273 g/mol. The maximum Gasteiger partial charge on any atom is 0.387 e. The van der Waals surface area contributed by atoms with Crippen LogP contribution < -0.4 is 10.5 Å². The van der Waals surface area contributed by atoms with Gasteiger partial charge in [0.2, 0.25) is 0 Å². The Balaban J connectivity index is 2.62. The summed E-state index contributed by atoms with van der Waals surface area (Å²) in [7, 11) is 0. The van der Waals surface area contributed by atoms with Crippen LogP contribution in [0.1, 0.15) is 12.5 Å². The first-order chi connectivity index (χ1) is 9.06. The number of rotatable bonds is 7. The Morgan fingerprint density at radius 2 is 1.95 bits per heavy atom. The lowest BCUT2D eigenvalue weighted by atomic mass is 9.99. The summed E-state index contributed by atoms with van der Waals surface area (Å²) in [5.41, 5.74) is 6.33. The summed E-state index contributed by atoms with van der Waals surface area (Å²) in [4.78, 5) is 11.6. The number of halogens is 2. The molecular formula is C13H17F2NO3. The molecule has 0 aliphatic heterocycles. The molecule has 1 atom stereocenters. The number of alkyl halides is 2. The lowest BCUT2D eigenvalue weighted by Crippen LogP contribution is -2.27. The van der Waals surface area contributed by atoms with Gasteiger partial charge in [-0.15, -0.1) is 0 Å². The van der Waals surface area contributed by atoms with Crippen LogP contribution in [0.4, 0.5) is 8.78 Å². The SMILES string of the molecule is CCOC(=O)C(CN)Cc1ccc(OC(F)F)cc1. The Labute approximate surface area is 110 Å². The Morgan fingerprint density at radius 3 is 2.42 bits per heavy atom. The van der Waals surface area contributed by atoms with E-state index in [4.69, 9.17) is 10.5 Å². The molecule has 0 bridgehead atoms. The van der Waals surface area contributed by atoms with Gasteiger partial charge >= 0.3 is 12.6 Å². The van der Waals surface area contributed by atoms with E-state index >= 15 is 0 Å². The van der Waals surface area contributed by atoms with Gasteiger partial charge < -0.3 is 15.2 Å². The molecule has 1 rings (SSSR count). The van der Waals surface area contributed by atoms with Gasteiger partial charge in [0.05, 0.1) is 12.5 Å². The molecule has 0 saturated heterocycles. The molecule has 0 amide bonds. The van der Waals surface area contributed by atoms with Crippen molar-refractivity contribution >= 4 is 5.97 Å². The molecule has 0 spiro atoms. The van der Waals surface area contributed by atoms with Crippen LogP contribution in [0, 0.1) is 5.92 Å². The fourth-order valence-corrected chi connectivity index (χ4v) is 1.61. The topological polar surface area (TPSA) is 61.5 Å². The summed E-state index contributed by atoms with van der Waals surface area (Å²) in [6, 6.07) is 6.11. The molecule has 0 heterocycles. The van der Waals surface area contributed by atoms with Crippen molar-refractivity contribution < 1.29 is 23.0 Å². The third-order valence-corrected chi connectivity index (χ3v) is 2.54. The molecule has 1 aromatic carbocycles. The fourth-order valence-electron chi connectivity index (χ4n) is 1.61. The van der Waals surface area contributed by atoms with Gasteiger partial charge in [0.15, 0.2) is 0 Å². The largest absolute Gasteiger partial charge is 0.466 e. The van der Waals surface area contributed by atoms with Gasteiger partial charge in [-0.3, -0.25) is 4.79 Å². The van der Waals surface area contributed by atoms with Crippen LogP contribution in [0.3, 0.4) is 0 Å². The fraction of sp³-hybridized carbons (Fsp3) is 0.462. The molecule has 1 aromatic rings. The molecule has 2 N–H and O–H groups in total. The van der Waals surface area contributed by atoms with E-state index in [-0.39, 0.29) is 18.3 Å². The Bertz CT molecular complexity index is 395. The third-order valence-electron chi connectivity index (χ3n) is 2.54. The minimum absolute atomic E-state index is 0.0826. The highest BCUT2D eigenvalue weighted by atomic mass is 19.3. The normalized spacial score (nSPS) is 12.3. The second-order valence-corrected chi connectivity index (χ2v) is 3.91. The maximum absolute atomic E-state index is 12.0. The van der Waals surface area contributed by atoms with Gasteiger partial charge in [-0.25, -0.2) is 0 Å². The highest BCUT2D eigenvalue weighted by molar-refractivity contribution is 5.73. The van der Waals surface area contributed by atoms with Crippen LogP contribution >= 0.6 is 0 Å². The monoisotopic (exact) mass is 273 g/mol. The summed E-state index contributed by atoms with van der Waals surface area (Å²) in [5, 5.41) is 0. The van der Waals surface area contributed by atoms with Crippen LogP contribution in [-0.4, -0.2) is 25.7 Å². The first-order valence-electron chi connectivity index (χ1n) is 5.97. The van der Waals surface area contributed by atoms with Crippen molar-refractivity contribution in [3.8, 4) is 5.75 Å². The average Bonchev–Trinajstić information content (AvgIpc) is 2.37. The minimum Gasteiger partial charge on any atom is -0.466 e. The Kier molecular flexibility index (Phi) is 6.21.